The van der Waals surface area contributed by atoms with E-state index >= 15 is 0 Å². The van der Waals surface area contributed by atoms with Crippen molar-refractivity contribution < 1.29 is 74.1 Å². The molecule has 0 bridgehead atoms. The van der Waals surface area contributed by atoms with Crippen molar-refractivity contribution in [1.82, 2.24) is 14.8 Å². The lowest BCUT2D eigenvalue weighted by molar-refractivity contribution is -0.355. The summed E-state index contributed by atoms with van der Waals surface area (Å²) in [4.78, 5) is 32.9. The van der Waals surface area contributed by atoms with Crippen LogP contribution in [0.1, 0.15) is 22.9 Å². The van der Waals surface area contributed by atoms with Crippen LogP contribution in [-0.2, 0) is 30.2 Å². The molecule has 282 valence electrons. The number of fused-ring (bicyclic) bond motifs is 5. The highest BCUT2D eigenvalue weighted by atomic mass is 16.7. The van der Waals surface area contributed by atoms with Gasteiger partial charge in [-0.25, -0.2) is 0 Å². The Kier molecular flexibility index (Phi) is 10.1. The van der Waals surface area contributed by atoms with Gasteiger partial charge in [-0.15, -0.1) is 0 Å². The summed E-state index contributed by atoms with van der Waals surface area (Å²) in [6.07, 6.45) is -15.1. The molecule has 2 amide bonds. The Morgan fingerprint density at radius 2 is 1.58 bits per heavy atom. The van der Waals surface area contributed by atoms with E-state index in [-0.39, 0.29) is 31.2 Å². The molecule has 18 nitrogen and oxygen atoms in total. The summed E-state index contributed by atoms with van der Waals surface area (Å²) in [5.74, 6) is 1.28. The molecule has 0 saturated carbocycles. The number of aromatic nitrogens is 1. The number of hydrogen-bond donors (Lipinski definition) is 9. The van der Waals surface area contributed by atoms with Gasteiger partial charge < -0.3 is 79.3 Å². The van der Waals surface area contributed by atoms with E-state index in [0.29, 0.717) is 17.9 Å². The number of benzene rings is 2. The molecule has 52 heavy (non-hydrogen) atoms. The van der Waals surface area contributed by atoms with Gasteiger partial charge in [0.25, 0.3) is 0 Å². The molecule has 8 rings (SSSR count). The number of nitrogens with zero attached hydrogens (tertiary/aromatic N) is 2. The number of piperazine rings is 1. The van der Waals surface area contributed by atoms with Crippen molar-refractivity contribution in [2.75, 3.05) is 33.6 Å². The van der Waals surface area contributed by atoms with Gasteiger partial charge in [0, 0.05) is 30.1 Å². The fraction of sp³-hybridized carbons (Fsp3) is 0.529. The zero-order chi connectivity index (χ0) is 37.0. The molecule has 5 aliphatic rings. The van der Waals surface area contributed by atoms with E-state index in [9.17, 15) is 45.3 Å². The number of nitrogens with one attached hydrogen (secondary N) is 1. The second-order valence-electron chi connectivity index (χ2n) is 13.3. The monoisotopic (exact) mass is 731 g/mol. The number of ether oxygens (including phenoxy) is 5. The van der Waals surface area contributed by atoms with Gasteiger partial charge in [-0.1, -0.05) is 24.3 Å². The van der Waals surface area contributed by atoms with Crippen LogP contribution in [0.4, 0.5) is 0 Å². The Morgan fingerprint density at radius 1 is 0.846 bits per heavy atom. The van der Waals surface area contributed by atoms with E-state index in [1.807, 2.05) is 36.4 Å². The number of aliphatic hydroxyl groups is 8. The lowest BCUT2D eigenvalue weighted by Crippen LogP contribution is -2.64. The summed E-state index contributed by atoms with van der Waals surface area (Å²) < 4.78 is 26.3. The number of aromatic amines is 1. The highest BCUT2D eigenvalue weighted by Crippen LogP contribution is 2.44. The average molecular weight is 732 g/mol. The highest BCUT2D eigenvalue weighted by molar-refractivity contribution is 5.97. The van der Waals surface area contributed by atoms with Crippen LogP contribution < -0.4 is 9.47 Å². The van der Waals surface area contributed by atoms with E-state index in [1.54, 1.807) is 11.9 Å². The van der Waals surface area contributed by atoms with Crippen LogP contribution in [0.3, 0.4) is 0 Å². The summed E-state index contributed by atoms with van der Waals surface area (Å²) in [7, 11) is 1.69. The van der Waals surface area contributed by atoms with Gasteiger partial charge in [0.15, 0.2) is 24.1 Å². The standard InChI is InChI=1S/C22H19N3O4.C12H22O11/c1-24-10-19(26)25-16(22(24)27)9-14-13-4-2-3-5-15(13)23-20(14)21(25)12-6-7-17-18(8-12)29-11-28-17;13-1-3-5(15)6(16)9(19)12(22-3)23-10-4(2-14)21-11(20)8(18)7(10)17/h2-8,16,21,23H,9-11H2,1H3;3-20H,1-2H2/t16-,21-;3-,4-,5+,6+,7-,8-,9-,10-,11-,12+/m11/s1. The predicted octanol–water partition coefficient (Wildman–Crippen LogP) is -3.19. The van der Waals surface area contributed by atoms with Crippen LogP contribution in [0.2, 0.25) is 0 Å². The summed E-state index contributed by atoms with van der Waals surface area (Å²) >= 11 is 0. The minimum Gasteiger partial charge on any atom is -0.454 e. The third-order valence-corrected chi connectivity index (χ3v) is 10.1. The van der Waals surface area contributed by atoms with Gasteiger partial charge in [0.1, 0.15) is 54.9 Å². The molecular formula is C34H41N3O15. The van der Waals surface area contributed by atoms with Crippen molar-refractivity contribution >= 4 is 22.7 Å². The van der Waals surface area contributed by atoms with Crippen LogP contribution in [0.5, 0.6) is 11.5 Å². The fourth-order valence-corrected chi connectivity index (χ4v) is 7.41. The van der Waals surface area contributed by atoms with E-state index in [0.717, 1.165) is 27.7 Å². The topological polar surface area (TPSA) is 264 Å². The smallest absolute Gasteiger partial charge is 0.245 e. The summed E-state index contributed by atoms with van der Waals surface area (Å²) in [6.45, 7) is -1.07. The molecule has 9 N–H and O–H groups in total. The fourth-order valence-electron chi connectivity index (χ4n) is 7.41. The van der Waals surface area contributed by atoms with Crippen molar-refractivity contribution in [3.63, 3.8) is 0 Å². The number of amides is 2. The SMILES string of the molecule is CN1CC(=O)N2[C@H](c3ccc4c(c3)OCO4)c3[nH]c4ccccc4c3C[C@@H]2C1=O.OC[C@H]1O[C@@H](O[C@H]2[C@H](O)[C@@H](O)[C@H](O)O[C@@H]2CO)[C@H](O)[C@@H](O)[C@H]1O. The molecule has 3 aromatic rings. The van der Waals surface area contributed by atoms with E-state index < -0.39 is 80.7 Å². The Bertz CT molecular complexity index is 1790. The molecule has 0 unspecified atom stereocenters. The molecule has 1 aromatic heterocycles. The van der Waals surface area contributed by atoms with Gasteiger partial charge in [-0.2, -0.15) is 0 Å². The molecule has 3 saturated heterocycles. The highest BCUT2D eigenvalue weighted by Gasteiger charge is 2.51. The number of para-hydroxylation sites is 1. The lowest BCUT2D eigenvalue weighted by Gasteiger charge is -2.46. The lowest BCUT2D eigenvalue weighted by atomic mass is 9.86. The van der Waals surface area contributed by atoms with Crippen molar-refractivity contribution in [3.05, 3.63) is 59.3 Å². The Balaban J connectivity index is 0.000000167. The normalized spacial score (nSPS) is 35.6. The number of carbonyl (C=O) groups excluding carboxylic acids is 2. The van der Waals surface area contributed by atoms with Crippen LogP contribution in [-0.4, -0.2) is 169 Å². The van der Waals surface area contributed by atoms with Crippen LogP contribution in [0.25, 0.3) is 10.9 Å². The second kappa shape index (κ2) is 14.5. The summed E-state index contributed by atoms with van der Waals surface area (Å²) in [5.41, 5.74) is 3.97. The molecule has 5 aliphatic heterocycles. The first-order valence-corrected chi connectivity index (χ1v) is 16.7. The Morgan fingerprint density at radius 3 is 2.33 bits per heavy atom. The molecule has 2 aromatic carbocycles. The van der Waals surface area contributed by atoms with Crippen molar-refractivity contribution in [2.45, 2.75) is 79.9 Å². The number of likely N-dealkylation sites (N-methyl/N-ethyl adjacent to an activating group) is 1. The Hall–Kier alpha value is -3.92. The van der Waals surface area contributed by atoms with Gasteiger partial charge >= 0.3 is 0 Å². The average Bonchev–Trinajstić information content (AvgIpc) is 3.77. The molecule has 6 heterocycles. The van der Waals surface area contributed by atoms with Crippen LogP contribution in [0.15, 0.2) is 42.5 Å². The number of H-pyrrole nitrogens is 1. The third kappa shape index (κ3) is 6.28. The maximum atomic E-state index is 13.1. The maximum absolute atomic E-state index is 13.1. The molecule has 0 spiro atoms. The molecule has 3 fully saturated rings. The minimum atomic E-state index is -1.74. The van der Waals surface area contributed by atoms with E-state index in [2.05, 4.69) is 11.1 Å². The number of hydrogen-bond acceptors (Lipinski definition) is 15. The molecule has 0 radical (unpaired) electrons. The quantitative estimate of drug-likeness (QED) is 0.125. The second-order valence-corrected chi connectivity index (χ2v) is 13.3. The maximum Gasteiger partial charge on any atom is 0.245 e. The molecular weight excluding hydrogens is 690 g/mol. The summed E-state index contributed by atoms with van der Waals surface area (Å²) in [6, 6.07) is 12.9. The van der Waals surface area contributed by atoms with Gasteiger partial charge in [-0.05, 0) is 29.3 Å². The first-order valence-electron chi connectivity index (χ1n) is 16.7. The first kappa shape index (κ1) is 36.4. The minimum absolute atomic E-state index is 0.0220. The molecule has 12 atom stereocenters. The van der Waals surface area contributed by atoms with E-state index in [1.165, 1.54) is 4.90 Å². The first-order chi connectivity index (χ1) is 24.9. The van der Waals surface area contributed by atoms with Crippen molar-refractivity contribution in [3.8, 4) is 11.5 Å². The molecule has 0 aliphatic carbocycles. The third-order valence-electron chi connectivity index (χ3n) is 10.1. The van der Waals surface area contributed by atoms with Crippen LogP contribution >= 0.6 is 0 Å². The van der Waals surface area contributed by atoms with Gasteiger partial charge in [-0.3, -0.25) is 9.59 Å². The molecule has 18 heteroatoms. The zero-order valence-electron chi connectivity index (χ0n) is 27.8. The van der Waals surface area contributed by atoms with Crippen LogP contribution in [0, 0.1) is 0 Å². The van der Waals surface area contributed by atoms with Gasteiger partial charge in [0.2, 0.25) is 18.6 Å². The van der Waals surface area contributed by atoms with Crippen molar-refractivity contribution in [2.24, 2.45) is 0 Å². The Labute approximate surface area is 295 Å². The zero-order valence-corrected chi connectivity index (χ0v) is 27.8. The predicted molar refractivity (Wildman–Crippen MR) is 173 cm³/mol. The number of carbonyl (C=O) groups is 2. The summed E-state index contributed by atoms with van der Waals surface area (Å²) in [5, 5.41) is 77.6. The number of aliphatic hydroxyl groups excluding tert-OH is 8. The largest absolute Gasteiger partial charge is 0.454 e. The van der Waals surface area contributed by atoms with E-state index in [4.69, 9.17) is 28.8 Å². The van der Waals surface area contributed by atoms with Gasteiger partial charge in [0.05, 0.1) is 25.8 Å². The van der Waals surface area contributed by atoms with Crippen molar-refractivity contribution in [1.29, 1.82) is 0 Å². The number of rotatable bonds is 5.